The topological polar surface area (TPSA) is 128 Å². The highest BCUT2D eigenvalue weighted by atomic mass is 32.1. The number of rotatable bonds is 13. The fourth-order valence-electron chi connectivity index (χ4n) is 2.90. The molecule has 1 atom stereocenters. The molecule has 0 spiro atoms. The highest BCUT2D eigenvalue weighted by molar-refractivity contribution is 7.15. The Kier molecular flexibility index (Phi) is 12.5. The van der Waals surface area contributed by atoms with Crippen LogP contribution < -0.4 is 16.0 Å². The molecular formula is C25H37N9O2S. The number of carbonyl (C=O) groups excluding carboxylic acids is 2. The number of aryl methyl sites for hydroxylation is 1. The van der Waals surface area contributed by atoms with Crippen molar-refractivity contribution in [2.24, 2.45) is 0 Å². The van der Waals surface area contributed by atoms with Crippen LogP contribution in [-0.4, -0.2) is 88.6 Å². The average Bonchev–Trinajstić information content (AvgIpc) is 3.28. The SMILES string of the molecule is CCCNc1nc(Nc2nnc(C)s2)ncc1C#CCCCNC(=O)[C@H](C)N(C)C(=O)C=CCN(C)C. The van der Waals surface area contributed by atoms with Gasteiger partial charge in [-0.1, -0.05) is 36.2 Å². The van der Waals surface area contributed by atoms with Gasteiger partial charge in [0.1, 0.15) is 16.9 Å². The summed E-state index contributed by atoms with van der Waals surface area (Å²) in [5, 5.41) is 18.7. The summed E-state index contributed by atoms with van der Waals surface area (Å²) < 4.78 is 0. The van der Waals surface area contributed by atoms with Crippen molar-refractivity contribution in [3.8, 4) is 11.8 Å². The number of amides is 2. The molecule has 0 bridgehead atoms. The minimum absolute atomic E-state index is 0.196. The molecule has 0 unspecified atom stereocenters. The van der Waals surface area contributed by atoms with Crippen LogP contribution >= 0.6 is 11.3 Å². The normalized spacial score (nSPS) is 11.6. The molecule has 0 saturated carbocycles. The van der Waals surface area contributed by atoms with E-state index in [0.29, 0.717) is 48.4 Å². The zero-order valence-electron chi connectivity index (χ0n) is 22.5. The summed E-state index contributed by atoms with van der Waals surface area (Å²) in [5.41, 5.74) is 0.701. The molecule has 2 heterocycles. The lowest BCUT2D eigenvalue weighted by Gasteiger charge is -2.23. The van der Waals surface area contributed by atoms with Gasteiger partial charge in [-0.3, -0.25) is 14.9 Å². The van der Waals surface area contributed by atoms with E-state index in [1.54, 1.807) is 26.2 Å². The highest BCUT2D eigenvalue weighted by Crippen LogP contribution is 2.20. The summed E-state index contributed by atoms with van der Waals surface area (Å²) in [4.78, 5) is 36.9. The molecule has 3 N–H and O–H groups in total. The van der Waals surface area contributed by atoms with Gasteiger partial charge in [-0.15, -0.1) is 10.2 Å². The fraction of sp³-hybridized carbons (Fsp3) is 0.520. The molecule has 12 heteroatoms. The number of nitrogens with zero attached hydrogens (tertiary/aromatic N) is 6. The molecule has 2 amide bonds. The van der Waals surface area contributed by atoms with E-state index < -0.39 is 6.04 Å². The zero-order chi connectivity index (χ0) is 27.2. The van der Waals surface area contributed by atoms with Crippen molar-refractivity contribution in [3.63, 3.8) is 0 Å². The predicted octanol–water partition coefficient (Wildman–Crippen LogP) is 2.41. The van der Waals surface area contributed by atoms with Crippen molar-refractivity contribution in [3.05, 3.63) is 28.9 Å². The van der Waals surface area contributed by atoms with Crippen molar-refractivity contribution < 1.29 is 9.59 Å². The summed E-state index contributed by atoms with van der Waals surface area (Å²) in [6, 6.07) is -0.567. The van der Waals surface area contributed by atoms with Crippen LogP contribution in [0.25, 0.3) is 0 Å². The minimum atomic E-state index is -0.567. The van der Waals surface area contributed by atoms with Crippen LogP contribution in [0.2, 0.25) is 0 Å². The molecule has 200 valence electrons. The first-order valence-corrected chi connectivity index (χ1v) is 13.1. The lowest BCUT2D eigenvalue weighted by atomic mass is 10.2. The van der Waals surface area contributed by atoms with Gasteiger partial charge in [-0.2, -0.15) is 4.98 Å². The second-order valence-electron chi connectivity index (χ2n) is 8.62. The van der Waals surface area contributed by atoms with Gasteiger partial charge in [-0.05, 0) is 40.8 Å². The third kappa shape index (κ3) is 10.5. The number of likely N-dealkylation sites (N-methyl/N-ethyl adjacent to an activating group) is 2. The predicted molar refractivity (Wildman–Crippen MR) is 148 cm³/mol. The number of carbonyl (C=O) groups is 2. The lowest BCUT2D eigenvalue weighted by molar-refractivity contribution is -0.135. The quantitative estimate of drug-likeness (QED) is 0.204. The highest BCUT2D eigenvalue weighted by Gasteiger charge is 2.20. The van der Waals surface area contributed by atoms with Crippen LogP contribution in [-0.2, 0) is 9.59 Å². The van der Waals surface area contributed by atoms with Gasteiger partial charge in [0.05, 0.1) is 11.8 Å². The zero-order valence-corrected chi connectivity index (χ0v) is 23.3. The van der Waals surface area contributed by atoms with Crippen molar-refractivity contribution in [2.75, 3.05) is 51.4 Å². The maximum absolute atomic E-state index is 12.4. The van der Waals surface area contributed by atoms with Crippen LogP contribution in [0.1, 0.15) is 43.7 Å². The number of hydrogen-bond donors (Lipinski definition) is 3. The van der Waals surface area contributed by atoms with E-state index in [1.807, 2.05) is 25.9 Å². The fourth-order valence-corrected chi connectivity index (χ4v) is 3.48. The molecule has 37 heavy (non-hydrogen) atoms. The van der Waals surface area contributed by atoms with E-state index in [4.69, 9.17) is 0 Å². The van der Waals surface area contributed by atoms with E-state index in [2.05, 4.69) is 54.9 Å². The first-order chi connectivity index (χ1) is 17.7. The Hall–Kier alpha value is -3.56. The maximum Gasteiger partial charge on any atom is 0.246 e. The third-order valence-corrected chi connectivity index (χ3v) is 5.87. The van der Waals surface area contributed by atoms with E-state index in [1.165, 1.54) is 22.3 Å². The Morgan fingerprint density at radius 2 is 2.00 bits per heavy atom. The maximum atomic E-state index is 12.4. The Balaban J connectivity index is 1.85. The molecule has 2 rings (SSSR count). The van der Waals surface area contributed by atoms with Gasteiger partial charge in [0, 0.05) is 39.2 Å². The van der Waals surface area contributed by atoms with E-state index in [0.717, 1.165) is 18.0 Å². The molecular weight excluding hydrogens is 490 g/mol. The monoisotopic (exact) mass is 527 g/mol. The van der Waals surface area contributed by atoms with E-state index >= 15 is 0 Å². The molecule has 2 aromatic heterocycles. The van der Waals surface area contributed by atoms with Crippen molar-refractivity contribution in [1.82, 2.24) is 35.3 Å². The first kappa shape index (κ1) is 29.7. The van der Waals surface area contributed by atoms with Crippen LogP contribution in [0.3, 0.4) is 0 Å². The Morgan fingerprint density at radius 1 is 1.22 bits per heavy atom. The molecule has 0 aliphatic carbocycles. The molecule has 0 radical (unpaired) electrons. The van der Waals surface area contributed by atoms with E-state index in [9.17, 15) is 9.59 Å². The number of hydrogen-bond acceptors (Lipinski definition) is 10. The third-order valence-electron chi connectivity index (χ3n) is 5.12. The number of unbranched alkanes of at least 4 members (excludes halogenated alkanes) is 1. The van der Waals surface area contributed by atoms with Gasteiger partial charge in [0.25, 0.3) is 0 Å². The molecule has 11 nitrogen and oxygen atoms in total. The van der Waals surface area contributed by atoms with Crippen LogP contribution in [0, 0.1) is 18.8 Å². The van der Waals surface area contributed by atoms with Gasteiger partial charge < -0.3 is 20.4 Å². The van der Waals surface area contributed by atoms with Crippen molar-refractivity contribution in [1.29, 1.82) is 0 Å². The van der Waals surface area contributed by atoms with Crippen molar-refractivity contribution >= 4 is 40.0 Å². The van der Waals surface area contributed by atoms with Crippen molar-refractivity contribution in [2.45, 2.75) is 46.1 Å². The molecule has 0 aliphatic rings. The van der Waals surface area contributed by atoms with Crippen LogP contribution in [0.4, 0.5) is 16.9 Å². The summed E-state index contributed by atoms with van der Waals surface area (Å²) in [6.07, 6.45) is 7.17. The average molecular weight is 528 g/mol. The summed E-state index contributed by atoms with van der Waals surface area (Å²) in [7, 11) is 5.47. The van der Waals surface area contributed by atoms with Gasteiger partial charge in [0.15, 0.2) is 0 Å². The van der Waals surface area contributed by atoms with Gasteiger partial charge in [-0.25, -0.2) is 4.98 Å². The largest absolute Gasteiger partial charge is 0.369 e. The van der Waals surface area contributed by atoms with Crippen LogP contribution in [0.15, 0.2) is 18.3 Å². The Labute approximate surface area is 223 Å². The second-order valence-corrected chi connectivity index (χ2v) is 9.80. The lowest BCUT2D eigenvalue weighted by Crippen LogP contribution is -2.45. The number of nitrogens with one attached hydrogen (secondary N) is 3. The number of aromatic nitrogens is 4. The summed E-state index contributed by atoms with van der Waals surface area (Å²) >= 11 is 1.43. The molecule has 0 saturated heterocycles. The standard InChI is InChI=1S/C25H37N9O2S/c1-7-14-26-22-20(17-28-24(29-22)30-25-32-31-19(3)37-25)12-9-8-10-15-27-23(36)18(2)34(6)21(35)13-11-16-33(4)5/h11,13,17-18H,7-8,10,14-16H2,1-6H3,(H,27,36)(H2,26,28,29,30,32)/t18-/m0/s1. The number of anilines is 3. The Morgan fingerprint density at radius 3 is 2.68 bits per heavy atom. The Bertz CT molecular complexity index is 1120. The van der Waals surface area contributed by atoms with Gasteiger partial charge in [0.2, 0.25) is 22.9 Å². The van der Waals surface area contributed by atoms with Gasteiger partial charge >= 0.3 is 0 Å². The summed E-state index contributed by atoms with van der Waals surface area (Å²) in [5.74, 6) is 6.93. The van der Waals surface area contributed by atoms with Crippen LogP contribution in [0.5, 0.6) is 0 Å². The minimum Gasteiger partial charge on any atom is -0.369 e. The molecule has 0 fully saturated rings. The smallest absolute Gasteiger partial charge is 0.246 e. The second kappa shape index (κ2) is 15.5. The summed E-state index contributed by atoms with van der Waals surface area (Å²) in [6.45, 7) is 7.56. The molecule has 0 aromatic carbocycles. The van der Waals surface area contributed by atoms with E-state index in [-0.39, 0.29) is 11.8 Å². The molecule has 0 aliphatic heterocycles. The first-order valence-electron chi connectivity index (χ1n) is 12.2. The molecule has 2 aromatic rings.